The first-order valence-corrected chi connectivity index (χ1v) is 12.1. The third-order valence-corrected chi connectivity index (χ3v) is 6.74. The van der Waals surface area contributed by atoms with Gasteiger partial charge in [-0.3, -0.25) is 9.59 Å². The van der Waals surface area contributed by atoms with Crippen LogP contribution in [-0.2, 0) is 17.8 Å². The Bertz CT molecular complexity index is 1020. The molecule has 7 heteroatoms. The molecule has 1 aromatic carbocycles. The fourth-order valence-corrected chi connectivity index (χ4v) is 5.07. The van der Waals surface area contributed by atoms with Gasteiger partial charge in [-0.05, 0) is 30.4 Å². The van der Waals surface area contributed by atoms with Crippen molar-refractivity contribution in [3.63, 3.8) is 0 Å². The van der Waals surface area contributed by atoms with Crippen LogP contribution in [0.25, 0.3) is 0 Å². The van der Waals surface area contributed by atoms with E-state index in [1.165, 1.54) is 0 Å². The third-order valence-electron chi connectivity index (χ3n) is 6.74. The van der Waals surface area contributed by atoms with E-state index >= 15 is 0 Å². The smallest absolute Gasteiger partial charge is 0.318 e. The lowest BCUT2D eigenvalue weighted by Gasteiger charge is -2.43. The highest BCUT2D eigenvalue weighted by atomic mass is 16.2. The van der Waals surface area contributed by atoms with Gasteiger partial charge in [-0.2, -0.15) is 0 Å². The van der Waals surface area contributed by atoms with Crippen LogP contribution < -0.4 is 16.2 Å². The van der Waals surface area contributed by atoms with Crippen LogP contribution in [0.3, 0.4) is 0 Å². The maximum Gasteiger partial charge on any atom is 0.318 e. The number of rotatable bonds is 8. The van der Waals surface area contributed by atoms with Crippen LogP contribution in [0.1, 0.15) is 49.8 Å². The van der Waals surface area contributed by atoms with Crippen LogP contribution in [-0.4, -0.2) is 47.1 Å². The van der Waals surface area contributed by atoms with E-state index < -0.39 is 6.04 Å². The van der Waals surface area contributed by atoms with E-state index in [0.29, 0.717) is 32.6 Å². The van der Waals surface area contributed by atoms with E-state index in [0.717, 1.165) is 36.9 Å². The summed E-state index contributed by atoms with van der Waals surface area (Å²) >= 11 is 0. The second-order valence-corrected chi connectivity index (χ2v) is 9.29. The van der Waals surface area contributed by atoms with Crippen LogP contribution in [0.2, 0.25) is 0 Å². The predicted octanol–water partition coefficient (Wildman–Crippen LogP) is 2.89. The zero-order valence-electron chi connectivity index (χ0n) is 19.3. The summed E-state index contributed by atoms with van der Waals surface area (Å²) in [7, 11) is 0. The quantitative estimate of drug-likeness (QED) is 0.607. The van der Waals surface area contributed by atoms with Gasteiger partial charge in [-0.1, -0.05) is 56.2 Å². The molecule has 1 fully saturated rings. The average Bonchev–Trinajstić information content (AvgIpc) is 2.82. The molecule has 0 saturated carbocycles. The molecule has 2 aromatic rings. The normalized spacial score (nSPS) is 20.0. The van der Waals surface area contributed by atoms with Gasteiger partial charge in [0.25, 0.3) is 5.56 Å². The molecule has 7 nitrogen and oxygen atoms in total. The number of pyridine rings is 1. The number of carbonyl (C=O) groups is 2. The lowest BCUT2D eigenvalue weighted by Crippen LogP contribution is -2.56. The van der Waals surface area contributed by atoms with E-state index in [9.17, 15) is 14.4 Å². The van der Waals surface area contributed by atoms with Gasteiger partial charge < -0.3 is 20.1 Å². The van der Waals surface area contributed by atoms with Crippen molar-refractivity contribution in [2.24, 2.45) is 5.92 Å². The van der Waals surface area contributed by atoms with E-state index in [2.05, 4.69) is 17.6 Å². The number of hydrogen-bond acceptors (Lipinski definition) is 3. The molecule has 3 amide bonds. The van der Waals surface area contributed by atoms with Crippen molar-refractivity contribution in [2.45, 2.75) is 57.5 Å². The number of carbonyl (C=O) groups excluding carboxylic acids is 2. The van der Waals surface area contributed by atoms with E-state index in [1.807, 2.05) is 45.9 Å². The molecule has 0 aliphatic carbocycles. The standard InChI is InChI=1S/C26H34N4O3/c1-2-3-7-13-27-25(32)22(15-19-9-5-4-6-10-19)28-26(33)29-16-20-14-21(18-29)23-11-8-12-24(31)30(23)17-20/h4-6,8-12,20-22H,2-3,7,13-18H2,1H3,(H,27,32)(H,28,33). The lowest BCUT2D eigenvalue weighted by molar-refractivity contribution is -0.123. The molecule has 3 heterocycles. The number of piperidine rings is 1. The van der Waals surface area contributed by atoms with Gasteiger partial charge in [0.05, 0.1) is 0 Å². The summed E-state index contributed by atoms with van der Waals surface area (Å²) in [6.45, 7) is 4.54. The lowest BCUT2D eigenvalue weighted by atomic mass is 9.83. The van der Waals surface area contributed by atoms with Crippen molar-refractivity contribution in [3.05, 3.63) is 70.1 Å². The molecular formula is C26H34N4O3. The van der Waals surface area contributed by atoms with Crippen molar-refractivity contribution in [1.29, 1.82) is 0 Å². The SMILES string of the molecule is CCCCCNC(=O)C(Cc1ccccc1)NC(=O)N1CC2CC(C1)c1cccc(=O)n1C2. The van der Waals surface area contributed by atoms with E-state index in [1.54, 1.807) is 12.1 Å². The van der Waals surface area contributed by atoms with Crippen molar-refractivity contribution in [2.75, 3.05) is 19.6 Å². The van der Waals surface area contributed by atoms with Crippen LogP contribution in [0.5, 0.6) is 0 Å². The van der Waals surface area contributed by atoms with Gasteiger partial charge in [0, 0.05) is 50.3 Å². The highest BCUT2D eigenvalue weighted by molar-refractivity contribution is 5.87. The summed E-state index contributed by atoms with van der Waals surface area (Å²) in [6.07, 6.45) is 4.52. The van der Waals surface area contributed by atoms with Gasteiger partial charge in [0.2, 0.25) is 5.91 Å². The maximum atomic E-state index is 13.3. The number of nitrogens with zero attached hydrogens (tertiary/aromatic N) is 2. The Morgan fingerprint density at radius 2 is 1.85 bits per heavy atom. The molecule has 2 N–H and O–H groups in total. The minimum atomic E-state index is -0.627. The van der Waals surface area contributed by atoms with Gasteiger partial charge >= 0.3 is 6.03 Å². The zero-order valence-corrected chi connectivity index (χ0v) is 19.3. The Balaban J connectivity index is 1.44. The molecule has 2 aliphatic heterocycles. The minimum Gasteiger partial charge on any atom is -0.354 e. The molecule has 0 spiro atoms. The minimum absolute atomic E-state index is 0.0303. The summed E-state index contributed by atoms with van der Waals surface area (Å²) in [6, 6.07) is 14.3. The van der Waals surface area contributed by atoms with Crippen molar-refractivity contribution >= 4 is 11.9 Å². The fourth-order valence-electron chi connectivity index (χ4n) is 5.07. The number of unbranched alkanes of at least 4 members (excludes halogenated alkanes) is 2. The van der Waals surface area contributed by atoms with Crippen molar-refractivity contribution in [3.8, 4) is 0 Å². The molecule has 176 valence electrons. The average molecular weight is 451 g/mol. The highest BCUT2D eigenvalue weighted by Crippen LogP contribution is 2.34. The van der Waals surface area contributed by atoms with Crippen LogP contribution in [0.4, 0.5) is 4.79 Å². The Kier molecular flexibility index (Phi) is 7.47. The van der Waals surface area contributed by atoms with E-state index in [-0.39, 0.29) is 29.3 Å². The monoisotopic (exact) mass is 450 g/mol. The molecule has 0 radical (unpaired) electrons. The number of benzene rings is 1. The number of fused-ring (bicyclic) bond motifs is 4. The Hall–Kier alpha value is -3.09. The van der Waals surface area contributed by atoms with Crippen LogP contribution in [0, 0.1) is 5.92 Å². The molecule has 4 rings (SSSR count). The fraction of sp³-hybridized carbons (Fsp3) is 0.500. The number of hydrogen-bond donors (Lipinski definition) is 2. The third kappa shape index (κ3) is 5.64. The number of aromatic nitrogens is 1. The number of nitrogens with one attached hydrogen (secondary N) is 2. The van der Waals surface area contributed by atoms with Crippen LogP contribution >= 0.6 is 0 Å². The maximum absolute atomic E-state index is 13.3. The molecular weight excluding hydrogens is 416 g/mol. The van der Waals surface area contributed by atoms with Crippen molar-refractivity contribution in [1.82, 2.24) is 20.1 Å². The highest BCUT2D eigenvalue weighted by Gasteiger charge is 2.37. The summed E-state index contributed by atoms with van der Waals surface area (Å²) in [5, 5.41) is 6.00. The molecule has 33 heavy (non-hydrogen) atoms. The first-order valence-electron chi connectivity index (χ1n) is 12.1. The molecule has 1 aromatic heterocycles. The van der Waals surface area contributed by atoms with Gasteiger partial charge in [-0.15, -0.1) is 0 Å². The second kappa shape index (κ2) is 10.7. The second-order valence-electron chi connectivity index (χ2n) is 9.29. The summed E-state index contributed by atoms with van der Waals surface area (Å²) < 4.78 is 1.86. The summed E-state index contributed by atoms with van der Waals surface area (Å²) in [4.78, 5) is 40.3. The number of likely N-dealkylation sites (tertiary alicyclic amines) is 1. The first kappa shape index (κ1) is 23.1. The molecule has 3 unspecified atom stereocenters. The topological polar surface area (TPSA) is 83.4 Å². The van der Waals surface area contributed by atoms with Crippen molar-refractivity contribution < 1.29 is 9.59 Å². The Morgan fingerprint density at radius 1 is 1.03 bits per heavy atom. The predicted molar refractivity (Wildman–Crippen MR) is 128 cm³/mol. The first-order chi connectivity index (χ1) is 16.0. The van der Waals surface area contributed by atoms with Gasteiger partial charge in [0.1, 0.15) is 6.04 Å². The molecule has 1 saturated heterocycles. The van der Waals surface area contributed by atoms with Gasteiger partial charge in [0.15, 0.2) is 0 Å². The molecule has 2 aliphatic rings. The number of amides is 3. The largest absolute Gasteiger partial charge is 0.354 e. The zero-order chi connectivity index (χ0) is 23.2. The Morgan fingerprint density at radius 3 is 2.64 bits per heavy atom. The molecule has 3 atom stereocenters. The van der Waals surface area contributed by atoms with Crippen LogP contribution in [0.15, 0.2) is 53.3 Å². The van der Waals surface area contributed by atoms with Gasteiger partial charge in [-0.25, -0.2) is 4.79 Å². The van der Waals surface area contributed by atoms with E-state index in [4.69, 9.17) is 0 Å². The molecule has 2 bridgehead atoms. The summed E-state index contributed by atoms with van der Waals surface area (Å²) in [5.74, 6) is 0.252. The Labute approximate surface area is 195 Å². The number of urea groups is 1. The summed E-state index contributed by atoms with van der Waals surface area (Å²) in [5.41, 5.74) is 2.05.